The summed E-state index contributed by atoms with van der Waals surface area (Å²) in [4.78, 5) is 4.21. The Hall–Kier alpha value is -1.40. The molecule has 0 aliphatic heterocycles. The van der Waals surface area contributed by atoms with E-state index in [1.807, 2.05) is 6.92 Å². The molecule has 1 heterocycles. The fourth-order valence-electron chi connectivity index (χ4n) is 1.82. The van der Waals surface area contributed by atoms with Gasteiger partial charge in [-0.25, -0.2) is 9.37 Å². The van der Waals surface area contributed by atoms with Gasteiger partial charge in [-0.15, -0.1) is 0 Å². The van der Waals surface area contributed by atoms with E-state index in [1.54, 1.807) is 29.1 Å². The summed E-state index contributed by atoms with van der Waals surface area (Å²) in [7, 11) is 0. The number of hydrogen-bond donors (Lipinski definition) is 1. The molecule has 0 aliphatic carbocycles. The van der Waals surface area contributed by atoms with Crippen molar-refractivity contribution in [2.45, 2.75) is 13.3 Å². The largest absolute Gasteiger partial charge is 0.382 e. The van der Waals surface area contributed by atoms with Gasteiger partial charge in [0.15, 0.2) is 0 Å². The molecule has 108 valence electrons. The molecule has 0 saturated heterocycles. The van der Waals surface area contributed by atoms with Crippen LogP contribution in [0.4, 0.5) is 10.3 Å². The first-order valence-corrected chi connectivity index (χ1v) is 7.32. The van der Waals surface area contributed by atoms with Gasteiger partial charge in [0.2, 0.25) is 5.95 Å². The lowest BCUT2D eigenvalue weighted by molar-refractivity contribution is 0.147. The van der Waals surface area contributed by atoms with Crippen molar-refractivity contribution in [1.82, 2.24) is 9.55 Å². The third-order valence-corrected chi connectivity index (χ3v) is 3.25. The zero-order chi connectivity index (χ0) is 14.4. The number of hydrogen-bond acceptors (Lipinski definition) is 3. The van der Waals surface area contributed by atoms with Crippen LogP contribution in [0.3, 0.4) is 0 Å². The van der Waals surface area contributed by atoms with E-state index in [2.05, 4.69) is 26.2 Å². The third kappa shape index (κ3) is 3.80. The van der Waals surface area contributed by atoms with Crippen molar-refractivity contribution in [3.63, 3.8) is 0 Å². The molecule has 4 nitrogen and oxygen atoms in total. The number of halogens is 2. The Labute approximate surface area is 126 Å². The number of aromatic nitrogens is 2. The standard InChI is InChI=1S/C14H17BrFN3O/c1-2-20-9-3-6-17-14-18-7-8-19(14)13-10-11(15)4-5-12(13)16/h4-5,7-8,10H,2-3,6,9H2,1H3,(H,17,18). The van der Waals surface area contributed by atoms with Gasteiger partial charge in [-0.3, -0.25) is 4.57 Å². The summed E-state index contributed by atoms with van der Waals surface area (Å²) in [5.74, 6) is 0.335. The molecule has 0 unspecified atom stereocenters. The van der Waals surface area contributed by atoms with Crippen molar-refractivity contribution in [3.05, 3.63) is 40.9 Å². The van der Waals surface area contributed by atoms with E-state index >= 15 is 0 Å². The SMILES string of the molecule is CCOCCCNc1nccn1-c1cc(Br)ccc1F. The Morgan fingerprint density at radius 2 is 2.30 bits per heavy atom. The highest BCUT2D eigenvalue weighted by molar-refractivity contribution is 9.10. The summed E-state index contributed by atoms with van der Waals surface area (Å²) in [6, 6.07) is 4.83. The second-order valence-corrected chi connectivity index (χ2v) is 5.11. The molecule has 1 aromatic heterocycles. The van der Waals surface area contributed by atoms with E-state index in [0.29, 0.717) is 18.2 Å². The summed E-state index contributed by atoms with van der Waals surface area (Å²) < 4.78 is 21.7. The van der Waals surface area contributed by atoms with Gasteiger partial charge in [-0.1, -0.05) is 15.9 Å². The van der Waals surface area contributed by atoms with Crippen LogP contribution in [0.15, 0.2) is 35.1 Å². The maximum Gasteiger partial charge on any atom is 0.207 e. The molecule has 1 aromatic carbocycles. The van der Waals surface area contributed by atoms with E-state index < -0.39 is 0 Å². The van der Waals surface area contributed by atoms with Crippen LogP contribution < -0.4 is 5.32 Å². The molecule has 0 saturated carbocycles. The number of nitrogens with one attached hydrogen (secondary N) is 1. The molecule has 6 heteroatoms. The monoisotopic (exact) mass is 341 g/mol. The Bertz CT molecular complexity index is 559. The van der Waals surface area contributed by atoms with Crippen molar-refractivity contribution < 1.29 is 9.13 Å². The van der Waals surface area contributed by atoms with Gasteiger partial charge in [-0.05, 0) is 31.5 Å². The minimum atomic E-state index is -0.288. The molecule has 0 aliphatic rings. The van der Waals surface area contributed by atoms with Crippen molar-refractivity contribution >= 4 is 21.9 Å². The Kier molecular flexibility index (Phi) is 5.55. The van der Waals surface area contributed by atoms with Gasteiger partial charge in [0.1, 0.15) is 5.82 Å². The second kappa shape index (κ2) is 7.40. The smallest absolute Gasteiger partial charge is 0.207 e. The van der Waals surface area contributed by atoms with Gasteiger partial charge in [0.05, 0.1) is 5.69 Å². The normalized spacial score (nSPS) is 10.8. The van der Waals surface area contributed by atoms with Crippen molar-refractivity contribution in [2.75, 3.05) is 25.1 Å². The predicted octanol–water partition coefficient (Wildman–Crippen LogP) is 3.61. The maximum atomic E-state index is 13.9. The second-order valence-electron chi connectivity index (χ2n) is 4.19. The van der Waals surface area contributed by atoms with Gasteiger partial charge in [0.25, 0.3) is 0 Å². The van der Waals surface area contributed by atoms with Crippen LogP contribution >= 0.6 is 15.9 Å². The minimum absolute atomic E-state index is 0.288. The molecule has 2 rings (SSSR count). The molecule has 0 bridgehead atoms. The predicted molar refractivity (Wildman–Crippen MR) is 80.8 cm³/mol. The van der Waals surface area contributed by atoms with Crippen molar-refractivity contribution in [1.29, 1.82) is 0 Å². The fourth-order valence-corrected chi connectivity index (χ4v) is 2.17. The van der Waals surface area contributed by atoms with Gasteiger partial charge < -0.3 is 10.1 Å². The lowest BCUT2D eigenvalue weighted by Crippen LogP contribution is -2.10. The first kappa shape index (κ1) is 15.0. The minimum Gasteiger partial charge on any atom is -0.382 e. The average Bonchev–Trinajstić information content (AvgIpc) is 2.89. The quantitative estimate of drug-likeness (QED) is 0.782. The molecule has 0 amide bonds. The molecule has 0 fully saturated rings. The molecule has 0 spiro atoms. The highest BCUT2D eigenvalue weighted by atomic mass is 79.9. The summed E-state index contributed by atoms with van der Waals surface area (Å²) in [6.45, 7) is 4.12. The highest BCUT2D eigenvalue weighted by Crippen LogP contribution is 2.22. The van der Waals surface area contributed by atoms with E-state index in [9.17, 15) is 4.39 Å². The van der Waals surface area contributed by atoms with Crippen molar-refractivity contribution in [3.8, 4) is 5.69 Å². The Morgan fingerprint density at radius 1 is 1.45 bits per heavy atom. The lowest BCUT2D eigenvalue weighted by Gasteiger charge is -2.11. The molecule has 20 heavy (non-hydrogen) atoms. The molecular formula is C14H17BrFN3O. The zero-order valence-corrected chi connectivity index (χ0v) is 12.9. The maximum absolute atomic E-state index is 13.9. The van der Waals surface area contributed by atoms with Gasteiger partial charge >= 0.3 is 0 Å². The average molecular weight is 342 g/mol. The molecule has 0 radical (unpaired) electrons. The van der Waals surface area contributed by atoms with Crippen LogP contribution in [-0.2, 0) is 4.74 Å². The Morgan fingerprint density at radius 3 is 3.10 bits per heavy atom. The molecule has 2 aromatic rings. The van der Waals surface area contributed by atoms with Gasteiger partial charge in [-0.2, -0.15) is 0 Å². The number of benzene rings is 1. The van der Waals surface area contributed by atoms with Crippen LogP contribution in [-0.4, -0.2) is 29.3 Å². The number of anilines is 1. The third-order valence-electron chi connectivity index (χ3n) is 2.76. The highest BCUT2D eigenvalue weighted by Gasteiger charge is 2.09. The van der Waals surface area contributed by atoms with E-state index in [-0.39, 0.29) is 5.82 Å². The van der Waals surface area contributed by atoms with Gasteiger partial charge in [0, 0.05) is 36.6 Å². The van der Waals surface area contributed by atoms with Crippen LogP contribution in [0, 0.1) is 5.82 Å². The van der Waals surface area contributed by atoms with Crippen LogP contribution in [0.1, 0.15) is 13.3 Å². The van der Waals surface area contributed by atoms with E-state index in [1.165, 1.54) is 6.07 Å². The van der Waals surface area contributed by atoms with Crippen molar-refractivity contribution in [2.24, 2.45) is 0 Å². The van der Waals surface area contributed by atoms with Crippen LogP contribution in [0.2, 0.25) is 0 Å². The molecular weight excluding hydrogens is 325 g/mol. The first-order chi connectivity index (χ1) is 9.72. The van der Waals surface area contributed by atoms with Crippen LogP contribution in [0.5, 0.6) is 0 Å². The number of nitrogens with zero attached hydrogens (tertiary/aromatic N) is 2. The molecule has 0 atom stereocenters. The summed E-state index contributed by atoms with van der Waals surface area (Å²) in [6.07, 6.45) is 4.25. The topological polar surface area (TPSA) is 39.1 Å². The lowest BCUT2D eigenvalue weighted by atomic mass is 10.3. The Balaban J connectivity index is 2.06. The summed E-state index contributed by atoms with van der Waals surface area (Å²) in [5.41, 5.74) is 0.462. The van der Waals surface area contributed by atoms with E-state index in [0.717, 1.165) is 24.0 Å². The zero-order valence-electron chi connectivity index (χ0n) is 11.3. The number of rotatable bonds is 7. The summed E-state index contributed by atoms with van der Waals surface area (Å²) >= 11 is 3.35. The number of imidazole rings is 1. The van der Waals surface area contributed by atoms with E-state index in [4.69, 9.17) is 4.74 Å². The van der Waals surface area contributed by atoms with Crippen LogP contribution in [0.25, 0.3) is 5.69 Å². The molecule has 1 N–H and O–H groups in total. The first-order valence-electron chi connectivity index (χ1n) is 6.52. The summed E-state index contributed by atoms with van der Waals surface area (Å²) in [5, 5.41) is 3.19. The fraction of sp³-hybridized carbons (Fsp3) is 0.357. The number of ether oxygens (including phenoxy) is 1.